The quantitative estimate of drug-likeness (QED) is 0.175. The Kier molecular flexibility index (Phi) is 5.63. The molecule has 0 unspecified atom stereocenters. The van der Waals surface area contributed by atoms with Crippen LogP contribution < -0.4 is 0 Å². The van der Waals surface area contributed by atoms with E-state index < -0.39 is 0 Å². The summed E-state index contributed by atoms with van der Waals surface area (Å²) in [6, 6.07) is 69.3. The Labute approximate surface area is 316 Å². The molecule has 1 aliphatic rings. The molecule has 1 aliphatic carbocycles. The van der Waals surface area contributed by atoms with Crippen molar-refractivity contribution in [1.29, 1.82) is 0 Å². The van der Waals surface area contributed by atoms with Crippen LogP contribution in [0.2, 0.25) is 0 Å². The zero-order valence-corrected chi connectivity index (χ0v) is 29.7. The summed E-state index contributed by atoms with van der Waals surface area (Å²) in [7, 11) is 0. The van der Waals surface area contributed by atoms with Crippen LogP contribution in [-0.4, -0.2) is 13.7 Å². The number of benzene rings is 9. The number of rotatable bonds is 3. The summed E-state index contributed by atoms with van der Waals surface area (Å²) in [6.07, 6.45) is 0. The molecule has 3 aromatic heterocycles. The van der Waals surface area contributed by atoms with Crippen LogP contribution in [0.1, 0.15) is 0 Å². The monoisotopic (exact) mass is 697 g/mol. The van der Waals surface area contributed by atoms with Gasteiger partial charge in [-0.05, 0) is 88.1 Å². The van der Waals surface area contributed by atoms with Gasteiger partial charge in [-0.15, -0.1) is 0 Å². The van der Waals surface area contributed by atoms with Crippen LogP contribution in [-0.2, 0) is 0 Å². The van der Waals surface area contributed by atoms with Gasteiger partial charge in [-0.1, -0.05) is 127 Å². The van der Waals surface area contributed by atoms with Gasteiger partial charge < -0.3 is 13.7 Å². The summed E-state index contributed by atoms with van der Waals surface area (Å²) in [5, 5.41) is 10.3. The molecule has 0 saturated heterocycles. The maximum absolute atomic E-state index is 2.48. The molecule has 3 heterocycles. The lowest BCUT2D eigenvalue weighted by molar-refractivity contribution is 1.13. The lowest BCUT2D eigenvalue weighted by Crippen LogP contribution is -1.99. The first-order valence-corrected chi connectivity index (χ1v) is 19.0. The smallest absolute Gasteiger partial charge is 0.0788 e. The number of hydrogen-bond acceptors (Lipinski definition) is 0. The predicted octanol–water partition coefficient (Wildman–Crippen LogP) is 13.8. The van der Waals surface area contributed by atoms with Crippen LogP contribution in [0.3, 0.4) is 0 Å². The first-order chi connectivity index (χ1) is 27.3. The molecule has 12 aromatic rings. The number of hydrogen-bond donors (Lipinski definition) is 0. The van der Waals surface area contributed by atoms with E-state index in [1.165, 1.54) is 98.4 Å². The van der Waals surface area contributed by atoms with E-state index in [0.717, 1.165) is 17.1 Å². The van der Waals surface area contributed by atoms with Gasteiger partial charge >= 0.3 is 0 Å². The highest BCUT2D eigenvalue weighted by Crippen LogP contribution is 2.52. The molecule has 0 amide bonds. The van der Waals surface area contributed by atoms with Crippen LogP contribution in [0.25, 0.3) is 116 Å². The SMILES string of the molecule is c1ccc(-n2c3ccccc3c3ccc4c5ccccc5n(-c5ccc(-n6c7ccccc7c7c8c(ccc76)-c6cccc7cccc-8c67)cc5)c4c32)cc1. The highest BCUT2D eigenvalue weighted by Gasteiger charge is 2.27. The van der Waals surface area contributed by atoms with Gasteiger partial charge in [0.15, 0.2) is 0 Å². The summed E-state index contributed by atoms with van der Waals surface area (Å²) in [5.41, 5.74) is 16.1. The number of para-hydroxylation sites is 4. The van der Waals surface area contributed by atoms with Crippen molar-refractivity contribution in [3.63, 3.8) is 0 Å². The summed E-state index contributed by atoms with van der Waals surface area (Å²) in [6.45, 7) is 0. The minimum Gasteiger partial charge on any atom is -0.309 e. The molecule has 0 bridgehead atoms. The van der Waals surface area contributed by atoms with E-state index in [-0.39, 0.29) is 0 Å². The van der Waals surface area contributed by atoms with Gasteiger partial charge in [0, 0.05) is 54.9 Å². The molecule has 0 aliphatic heterocycles. The number of aromatic nitrogens is 3. The van der Waals surface area contributed by atoms with E-state index in [4.69, 9.17) is 0 Å². The summed E-state index contributed by atoms with van der Waals surface area (Å²) >= 11 is 0. The van der Waals surface area contributed by atoms with Crippen LogP contribution in [0.5, 0.6) is 0 Å². The van der Waals surface area contributed by atoms with E-state index in [9.17, 15) is 0 Å². The minimum absolute atomic E-state index is 1.14. The summed E-state index contributed by atoms with van der Waals surface area (Å²) in [4.78, 5) is 0. The Balaban J connectivity index is 1.07. The fourth-order valence-electron chi connectivity index (χ4n) is 9.98. The molecule has 0 N–H and O–H groups in total. The van der Waals surface area contributed by atoms with Crippen LogP contribution >= 0.6 is 0 Å². The van der Waals surface area contributed by atoms with Crippen LogP contribution in [0.15, 0.2) is 188 Å². The van der Waals surface area contributed by atoms with Gasteiger partial charge in [-0.3, -0.25) is 0 Å². The van der Waals surface area contributed by atoms with Crippen molar-refractivity contribution in [3.05, 3.63) is 188 Å². The molecule has 254 valence electrons. The van der Waals surface area contributed by atoms with E-state index in [1.54, 1.807) is 0 Å². The second-order valence-corrected chi connectivity index (χ2v) is 14.9. The van der Waals surface area contributed by atoms with Crippen molar-refractivity contribution in [1.82, 2.24) is 13.7 Å². The average molecular weight is 698 g/mol. The van der Waals surface area contributed by atoms with Gasteiger partial charge in [-0.25, -0.2) is 0 Å². The molecule has 0 atom stereocenters. The van der Waals surface area contributed by atoms with Crippen molar-refractivity contribution in [2.45, 2.75) is 0 Å². The predicted molar refractivity (Wildman–Crippen MR) is 231 cm³/mol. The Morgan fingerprint density at radius 2 is 0.764 bits per heavy atom. The molecule has 9 aromatic carbocycles. The lowest BCUT2D eigenvalue weighted by atomic mass is 9.98. The molecule has 3 nitrogen and oxygen atoms in total. The number of nitrogens with zero attached hydrogens (tertiary/aromatic N) is 3. The fourth-order valence-corrected chi connectivity index (χ4v) is 9.98. The van der Waals surface area contributed by atoms with E-state index in [0.29, 0.717) is 0 Å². The molecule has 0 fully saturated rings. The molecular formula is C52H31N3. The Hall–Kier alpha value is -7.36. The maximum Gasteiger partial charge on any atom is 0.0788 e. The van der Waals surface area contributed by atoms with Crippen molar-refractivity contribution < 1.29 is 0 Å². The van der Waals surface area contributed by atoms with Gasteiger partial charge in [0.25, 0.3) is 0 Å². The van der Waals surface area contributed by atoms with E-state index in [1.807, 2.05) is 0 Å². The Morgan fingerprint density at radius 1 is 0.255 bits per heavy atom. The highest BCUT2D eigenvalue weighted by molar-refractivity contribution is 6.27. The Bertz CT molecular complexity index is 3570. The molecule has 3 heteroatoms. The molecule has 0 radical (unpaired) electrons. The zero-order chi connectivity index (χ0) is 35.8. The van der Waals surface area contributed by atoms with Crippen molar-refractivity contribution in [2.75, 3.05) is 0 Å². The first-order valence-electron chi connectivity index (χ1n) is 19.0. The van der Waals surface area contributed by atoms with Crippen LogP contribution in [0.4, 0.5) is 0 Å². The lowest BCUT2D eigenvalue weighted by Gasteiger charge is -2.14. The van der Waals surface area contributed by atoms with Crippen molar-refractivity contribution in [3.8, 4) is 39.3 Å². The van der Waals surface area contributed by atoms with Crippen molar-refractivity contribution >= 4 is 76.2 Å². The second-order valence-electron chi connectivity index (χ2n) is 14.9. The van der Waals surface area contributed by atoms with Crippen molar-refractivity contribution in [2.24, 2.45) is 0 Å². The van der Waals surface area contributed by atoms with Gasteiger partial charge in [-0.2, -0.15) is 0 Å². The number of fused-ring (bicyclic) bond motifs is 14. The van der Waals surface area contributed by atoms with E-state index in [2.05, 4.69) is 202 Å². The normalized spacial score (nSPS) is 12.4. The third kappa shape index (κ3) is 3.74. The van der Waals surface area contributed by atoms with Crippen LogP contribution in [0, 0.1) is 0 Å². The molecular weight excluding hydrogens is 667 g/mol. The fraction of sp³-hybridized carbons (Fsp3) is 0. The van der Waals surface area contributed by atoms with Gasteiger partial charge in [0.2, 0.25) is 0 Å². The Morgan fingerprint density at radius 3 is 1.40 bits per heavy atom. The zero-order valence-electron chi connectivity index (χ0n) is 29.7. The minimum atomic E-state index is 1.14. The maximum atomic E-state index is 2.48. The van der Waals surface area contributed by atoms with Gasteiger partial charge in [0.1, 0.15) is 0 Å². The standard InChI is InChI=1S/C52H31N3/c1-2-14-33(15-3-1)54-44-21-7-4-16-36(44)40-28-29-41-37-17-5-8-22-45(37)55(52(41)51(40)54)35-26-24-34(25-27-35)53-46-23-9-6-18-42(46)50-47(53)31-30-39-38-19-10-12-32-13-11-20-43(48(32)38)49(39)50/h1-31H. The molecule has 13 rings (SSSR count). The molecule has 0 spiro atoms. The highest BCUT2D eigenvalue weighted by atomic mass is 15.0. The average Bonchev–Trinajstić information content (AvgIpc) is 3.97. The third-order valence-electron chi connectivity index (χ3n) is 12.2. The molecule has 0 saturated carbocycles. The summed E-state index contributed by atoms with van der Waals surface area (Å²) in [5.74, 6) is 0. The largest absolute Gasteiger partial charge is 0.309 e. The molecule has 55 heavy (non-hydrogen) atoms. The van der Waals surface area contributed by atoms with Gasteiger partial charge in [0.05, 0.1) is 33.1 Å². The first kappa shape index (κ1) is 29.1. The third-order valence-corrected chi connectivity index (χ3v) is 12.2. The van der Waals surface area contributed by atoms with E-state index >= 15 is 0 Å². The second kappa shape index (κ2) is 10.6. The summed E-state index contributed by atoms with van der Waals surface area (Å²) < 4.78 is 7.38. The topological polar surface area (TPSA) is 14.8 Å².